The first-order valence-electron chi connectivity index (χ1n) is 6.15. The number of carbonyl (C=O) groups excluding carboxylic acids is 1. The number of esters is 1. The predicted molar refractivity (Wildman–Crippen MR) is 69.2 cm³/mol. The number of rotatable bonds is 3. The highest BCUT2D eigenvalue weighted by Crippen LogP contribution is 2.27. The van der Waals surface area contributed by atoms with Gasteiger partial charge < -0.3 is 15.2 Å². The number of benzene rings is 1. The summed E-state index contributed by atoms with van der Waals surface area (Å²) in [5, 5.41) is 0. The second-order valence-electron chi connectivity index (χ2n) is 5.14. The van der Waals surface area contributed by atoms with Crippen LogP contribution in [0.1, 0.15) is 25.8 Å². The molecule has 1 aliphatic heterocycles. The molecule has 1 aliphatic rings. The highest BCUT2D eigenvalue weighted by Gasteiger charge is 2.34. The van der Waals surface area contributed by atoms with E-state index in [0.717, 1.165) is 12.0 Å². The standard InChI is InChI=1S/C14H19NO3/c1-14(2,10-3-5-11(15)6-4-10)13(16)18-12-7-8-17-9-12/h3-6,12H,7-9,15H2,1-2H3. The van der Waals surface area contributed by atoms with E-state index in [2.05, 4.69) is 0 Å². The molecule has 0 saturated carbocycles. The summed E-state index contributed by atoms with van der Waals surface area (Å²) < 4.78 is 10.7. The number of hydrogen-bond donors (Lipinski definition) is 1. The highest BCUT2D eigenvalue weighted by atomic mass is 16.6. The van der Waals surface area contributed by atoms with Crippen molar-refractivity contribution in [3.05, 3.63) is 29.8 Å². The fourth-order valence-electron chi connectivity index (χ4n) is 1.92. The largest absolute Gasteiger partial charge is 0.459 e. The molecule has 0 spiro atoms. The Balaban J connectivity index is 2.08. The Hall–Kier alpha value is -1.55. The summed E-state index contributed by atoms with van der Waals surface area (Å²) >= 11 is 0. The van der Waals surface area contributed by atoms with Crippen LogP contribution in [0.4, 0.5) is 5.69 Å². The Morgan fingerprint density at radius 3 is 2.61 bits per heavy atom. The van der Waals surface area contributed by atoms with Crippen LogP contribution in [0.3, 0.4) is 0 Å². The van der Waals surface area contributed by atoms with E-state index in [1.54, 1.807) is 12.1 Å². The molecule has 1 heterocycles. The van der Waals surface area contributed by atoms with Crippen LogP contribution in [0.2, 0.25) is 0 Å². The van der Waals surface area contributed by atoms with Crippen LogP contribution in [0, 0.1) is 0 Å². The molecule has 18 heavy (non-hydrogen) atoms. The van der Waals surface area contributed by atoms with E-state index in [4.69, 9.17) is 15.2 Å². The normalized spacial score (nSPS) is 19.8. The van der Waals surface area contributed by atoms with Crippen LogP contribution in [-0.4, -0.2) is 25.3 Å². The lowest BCUT2D eigenvalue weighted by Gasteiger charge is -2.25. The average molecular weight is 249 g/mol. The quantitative estimate of drug-likeness (QED) is 0.656. The molecule has 1 atom stereocenters. The van der Waals surface area contributed by atoms with Crippen molar-refractivity contribution in [1.82, 2.24) is 0 Å². The lowest BCUT2D eigenvalue weighted by atomic mass is 9.84. The predicted octanol–water partition coefficient (Wildman–Crippen LogP) is 1.88. The number of nitrogens with two attached hydrogens (primary N) is 1. The van der Waals surface area contributed by atoms with Gasteiger partial charge >= 0.3 is 5.97 Å². The maximum Gasteiger partial charge on any atom is 0.316 e. The monoisotopic (exact) mass is 249 g/mol. The lowest BCUT2D eigenvalue weighted by Crippen LogP contribution is -2.34. The molecule has 0 aliphatic carbocycles. The molecular weight excluding hydrogens is 230 g/mol. The average Bonchev–Trinajstić information content (AvgIpc) is 2.82. The van der Waals surface area contributed by atoms with Crippen LogP contribution in [-0.2, 0) is 19.7 Å². The smallest absolute Gasteiger partial charge is 0.316 e. The zero-order valence-electron chi connectivity index (χ0n) is 10.8. The molecule has 0 bridgehead atoms. The van der Waals surface area contributed by atoms with Gasteiger partial charge in [-0.05, 0) is 31.5 Å². The van der Waals surface area contributed by atoms with E-state index >= 15 is 0 Å². The van der Waals surface area contributed by atoms with Gasteiger partial charge in [0, 0.05) is 12.1 Å². The fourth-order valence-corrected chi connectivity index (χ4v) is 1.92. The van der Waals surface area contributed by atoms with E-state index in [1.165, 1.54) is 0 Å². The number of anilines is 1. The Morgan fingerprint density at radius 1 is 1.39 bits per heavy atom. The summed E-state index contributed by atoms with van der Waals surface area (Å²) in [6, 6.07) is 7.32. The van der Waals surface area contributed by atoms with Gasteiger partial charge in [0.2, 0.25) is 0 Å². The molecule has 0 aromatic heterocycles. The number of hydrogen-bond acceptors (Lipinski definition) is 4. The molecule has 0 radical (unpaired) electrons. The van der Waals surface area contributed by atoms with Crippen molar-refractivity contribution in [2.75, 3.05) is 18.9 Å². The summed E-state index contributed by atoms with van der Waals surface area (Å²) in [7, 11) is 0. The summed E-state index contributed by atoms with van der Waals surface area (Å²) in [6.45, 7) is 4.89. The Labute approximate surface area is 107 Å². The molecule has 4 heteroatoms. The second kappa shape index (κ2) is 4.98. The topological polar surface area (TPSA) is 61.5 Å². The van der Waals surface area contributed by atoms with Gasteiger partial charge in [-0.3, -0.25) is 4.79 Å². The van der Waals surface area contributed by atoms with Crippen LogP contribution < -0.4 is 5.73 Å². The molecular formula is C14H19NO3. The number of nitrogen functional groups attached to an aromatic ring is 1. The van der Waals surface area contributed by atoms with Crippen LogP contribution >= 0.6 is 0 Å². The fraction of sp³-hybridized carbons (Fsp3) is 0.500. The first-order chi connectivity index (χ1) is 8.50. The van der Waals surface area contributed by atoms with E-state index in [-0.39, 0.29) is 12.1 Å². The van der Waals surface area contributed by atoms with Crippen LogP contribution in [0.5, 0.6) is 0 Å². The molecule has 98 valence electrons. The molecule has 2 rings (SSSR count). The zero-order valence-corrected chi connectivity index (χ0v) is 10.8. The Bertz CT molecular complexity index is 419. The van der Waals surface area contributed by atoms with Gasteiger partial charge in [-0.2, -0.15) is 0 Å². The lowest BCUT2D eigenvalue weighted by molar-refractivity contribution is -0.154. The minimum absolute atomic E-state index is 0.106. The van der Waals surface area contributed by atoms with Crippen molar-refractivity contribution >= 4 is 11.7 Å². The summed E-state index contributed by atoms with van der Waals surface area (Å²) in [5.41, 5.74) is 6.57. The summed E-state index contributed by atoms with van der Waals surface area (Å²) in [5.74, 6) is -0.220. The van der Waals surface area contributed by atoms with Crippen molar-refractivity contribution in [2.45, 2.75) is 31.8 Å². The van der Waals surface area contributed by atoms with Gasteiger partial charge in [-0.15, -0.1) is 0 Å². The van der Waals surface area contributed by atoms with E-state index in [9.17, 15) is 4.79 Å². The van der Waals surface area contributed by atoms with Crippen molar-refractivity contribution in [2.24, 2.45) is 0 Å². The molecule has 1 fully saturated rings. The van der Waals surface area contributed by atoms with Gasteiger partial charge in [0.15, 0.2) is 0 Å². The highest BCUT2D eigenvalue weighted by molar-refractivity contribution is 5.82. The Kier molecular flexibility index (Phi) is 3.57. The van der Waals surface area contributed by atoms with Gasteiger partial charge in [-0.25, -0.2) is 0 Å². The third-order valence-corrected chi connectivity index (χ3v) is 3.30. The molecule has 1 saturated heterocycles. The van der Waals surface area contributed by atoms with E-state index in [1.807, 2.05) is 26.0 Å². The first-order valence-corrected chi connectivity index (χ1v) is 6.15. The first kappa shape index (κ1) is 12.9. The molecule has 1 aromatic carbocycles. The van der Waals surface area contributed by atoms with Gasteiger partial charge in [-0.1, -0.05) is 12.1 Å². The van der Waals surface area contributed by atoms with Crippen molar-refractivity contribution in [1.29, 1.82) is 0 Å². The summed E-state index contributed by atoms with van der Waals surface area (Å²) in [4.78, 5) is 12.2. The second-order valence-corrected chi connectivity index (χ2v) is 5.14. The number of carbonyl (C=O) groups is 1. The Morgan fingerprint density at radius 2 is 2.06 bits per heavy atom. The third-order valence-electron chi connectivity index (χ3n) is 3.30. The number of ether oxygens (including phenoxy) is 2. The molecule has 0 amide bonds. The van der Waals surface area contributed by atoms with Crippen LogP contribution in [0.25, 0.3) is 0 Å². The minimum atomic E-state index is -0.670. The van der Waals surface area contributed by atoms with E-state index in [0.29, 0.717) is 18.9 Å². The van der Waals surface area contributed by atoms with Gasteiger partial charge in [0.1, 0.15) is 6.10 Å². The summed E-state index contributed by atoms with van der Waals surface area (Å²) in [6.07, 6.45) is 0.675. The molecule has 4 nitrogen and oxygen atoms in total. The van der Waals surface area contributed by atoms with Crippen molar-refractivity contribution in [3.63, 3.8) is 0 Å². The maximum atomic E-state index is 12.2. The SMILES string of the molecule is CC(C)(C(=O)OC1CCOC1)c1ccc(N)cc1. The van der Waals surface area contributed by atoms with Crippen molar-refractivity contribution < 1.29 is 14.3 Å². The minimum Gasteiger partial charge on any atom is -0.459 e. The zero-order chi connectivity index (χ0) is 13.2. The van der Waals surface area contributed by atoms with Crippen LogP contribution in [0.15, 0.2) is 24.3 Å². The maximum absolute atomic E-state index is 12.2. The molecule has 2 N–H and O–H groups in total. The van der Waals surface area contributed by atoms with Gasteiger partial charge in [0.05, 0.1) is 18.6 Å². The molecule has 1 unspecified atom stereocenters. The molecule has 1 aromatic rings. The van der Waals surface area contributed by atoms with Gasteiger partial charge in [0.25, 0.3) is 0 Å². The van der Waals surface area contributed by atoms with Crippen molar-refractivity contribution in [3.8, 4) is 0 Å². The van der Waals surface area contributed by atoms with E-state index < -0.39 is 5.41 Å². The third kappa shape index (κ3) is 2.64.